The smallest absolute Gasteiger partial charge is 0.188 e. The normalized spacial score (nSPS) is 33.7. The van der Waals surface area contributed by atoms with Gasteiger partial charge in [0, 0.05) is 25.0 Å². The van der Waals surface area contributed by atoms with Crippen LogP contribution in [0.15, 0.2) is 30.4 Å². The van der Waals surface area contributed by atoms with Gasteiger partial charge in [0.2, 0.25) is 0 Å². The Bertz CT molecular complexity index is 832. The fraction of sp³-hybridized carbons (Fsp3) is 0.600. The van der Waals surface area contributed by atoms with Crippen molar-refractivity contribution in [2.24, 2.45) is 11.8 Å². The fourth-order valence-corrected chi connectivity index (χ4v) is 4.11. The van der Waals surface area contributed by atoms with Gasteiger partial charge < -0.3 is 33.9 Å². The highest BCUT2D eigenvalue weighted by Crippen LogP contribution is 2.38. The Balaban J connectivity index is 2.03. The Morgan fingerprint density at radius 1 is 1.09 bits per heavy atom. The molecule has 0 bridgehead atoms. The molecular weight excluding hydrogens is 412 g/mol. The predicted molar refractivity (Wildman–Crippen MR) is 121 cm³/mol. The minimum atomic E-state index is -1.24. The Hall–Kier alpha value is -1.90. The highest BCUT2D eigenvalue weighted by atomic mass is 16.8. The lowest BCUT2D eigenvalue weighted by atomic mass is 9.94. The average Bonchev–Trinajstić information content (AvgIpc) is 3.03. The quantitative estimate of drug-likeness (QED) is 0.519. The molecule has 32 heavy (non-hydrogen) atoms. The standard InChI is InChI=1S/C25H36O7/c1-15-10-11-16(2)23-20(31-25(4,5)32-23)9-7-8-18-12-19(26)13-21(29-14-28-6)22(18)24(27)30-17(15)3/h7-8,10-13,15-17,20,23-24,26-27H,9,14H2,1-6H3/b8-7?,11-10-/t15?,16?,17?,20-,23+,24?/m0/s1. The number of hydrogen-bond acceptors (Lipinski definition) is 7. The SMILES string of the molecule is COCOc1cc(O)cc2c1C(O)OC(C)C(C)/C=C\C(C)[C@H]1OC(C)(C)O[C@H]1CC=C2. The lowest BCUT2D eigenvalue weighted by Crippen LogP contribution is -2.28. The Morgan fingerprint density at radius 3 is 2.53 bits per heavy atom. The number of phenols is 1. The summed E-state index contributed by atoms with van der Waals surface area (Å²) in [6.45, 7) is 9.91. The number of benzene rings is 1. The number of hydrogen-bond donors (Lipinski definition) is 2. The summed E-state index contributed by atoms with van der Waals surface area (Å²) in [7, 11) is 1.51. The topological polar surface area (TPSA) is 86.6 Å². The first-order valence-corrected chi connectivity index (χ1v) is 11.1. The molecule has 3 rings (SSSR count). The zero-order valence-electron chi connectivity index (χ0n) is 19.8. The molecule has 178 valence electrons. The van der Waals surface area contributed by atoms with Crippen LogP contribution < -0.4 is 4.74 Å². The van der Waals surface area contributed by atoms with Crippen LogP contribution in [0.1, 0.15) is 58.5 Å². The van der Waals surface area contributed by atoms with Crippen molar-refractivity contribution in [1.82, 2.24) is 0 Å². The maximum Gasteiger partial charge on any atom is 0.188 e. The third kappa shape index (κ3) is 5.91. The largest absolute Gasteiger partial charge is 0.508 e. The van der Waals surface area contributed by atoms with Crippen molar-refractivity contribution in [1.29, 1.82) is 0 Å². The van der Waals surface area contributed by atoms with Gasteiger partial charge in [-0.15, -0.1) is 0 Å². The van der Waals surface area contributed by atoms with Crippen LogP contribution in [0.25, 0.3) is 6.08 Å². The number of aromatic hydroxyl groups is 1. The highest BCUT2D eigenvalue weighted by Gasteiger charge is 2.42. The molecule has 2 heterocycles. The van der Waals surface area contributed by atoms with Gasteiger partial charge in [-0.25, -0.2) is 0 Å². The van der Waals surface area contributed by atoms with E-state index in [2.05, 4.69) is 19.1 Å². The van der Waals surface area contributed by atoms with E-state index in [4.69, 9.17) is 23.7 Å². The van der Waals surface area contributed by atoms with Crippen LogP contribution in [0.4, 0.5) is 0 Å². The number of aliphatic hydroxyl groups is 1. The summed E-state index contributed by atoms with van der Waals surface area (Å²) in [5, 5.41) is 21.2. The molecule has 0 aliphatic carbocycles. The van der Waals surface area contributed by atoms with E-state index in [1.54, 1.807) is 6.07 Å². The number of methoxy groups -OCH3 is 1. The maximum absolute atomic E-state index is 11.0. The molecule has 7 heteroatoms. The lowest BCUT2D eigenvalue weighted by Gasteiger charge is -2.26. The molecule has 2 aliphatic rings. The molecule has 1 aromatic rings. The second kappa shape index (κ2) is 10.4. The van der Waals surface area contributed by atoms with Gasteiger partial charge in [0.25, 0.3) is 0 Å². The van der Waals surface area contributed by atoms with Crippen molar-refractivity contribution in [3.05, 3.63) is 41.5 Å². The first-order chi connectivity index (χ1) is 15.1. The summed E-state index contributed by atoms with van der Waals surface area (Å²) in [5.74, 6) is -0.152. The van der Waals surface area contributed by atoms with Gasteiger partial charge in [0.1, 0.15) is 11.5 Å². The van der Waals surface area contributed by atoms with E-state index in [-0.39, 0.29) is 42.7 Å². The Labute approximate surface area is 190 Å². The molecule has 0 aromatic heterocycles. The van der Waals surface area contributed by atoms with Crippen LogP contribution in [0.2, 0.25) is 0 Å². The van der Waals surface area contributed by atoms with Crippen LogP contribution in [0.5, 0.6) is 11.5 Å². The second-order valence-corrected chi connectivity index (χ2v) is 9.07. The minimum Gasteiger partial charge on any atom is -0.508 e. The van der Waals surface area contributed by atoms with E-state index in [0.717, 1.165) is 0 Å². The number of rotatable bonds is 3. The minimum absolute atomic E-state index is 0.0188. The van der Waals surface area contributed by atoms with E-state index in [1.165, 1.54) is 13.2 Å². The third-order valence-electron chi connectivity index (χ3n) is 5.95. The molecule has 4 unspecified atom stereocenters. The number of ether oxygens (including phenoxy) is 5. The van der Waals surface area contributed by atoms with Crippen LogP contribution in [-0.2, 0) is 18.9 Å². The summed E-state index contributed by atoms with van der Waals surface area (Å²) >= 11 is 0. The number of fused-ring (bicyclic) bond motifs is 2. The van der Waals surface area contributed by atoms with Crippen LogP contribution in [0.3, 0.4) is 0 Å². The fourth-order valence-electron chi connectivity index (χ4n) is 4.11. The molecule has 1 saturated heterocycles. The highest BCUT2D eigenvalue weighted by molar-refractivity contribution is 5.61. The summed E-state index contributed by atoms with van der Waals surface area (Å²) in [6, 6.07) is 3.03. The third-order valence-corrected chi connectivity index (χ3v) is 5.95. The van der Waals surface area contributed by atoms with Crippen LogP contribution in [-0.4, -0.2) is 48.2 Å². The van der Waals surface area contributed by atoms with E-state index < -0.39 is 12.1 Å². The summed E-state index contributed by atoms with van der Waals surface area (Å²) in [4.78, 5) is 0. The van der Waals surface area contributed by atoms with Gasteiger partial charge in [-0.3, -0.25) is 0 Å². The molecule has 0 saturated carbocycles. The molecule has 1 aromatic carbocycles. The van der Waals surface area contributed by atoms with Gasteiger partial charge in [0.15, 0.2) is 18.9 Å². The second-order valence-electron chi connectivity index (χ2n) is 9.07. The molecule has 2 N–H and O–H groups in total. The molecule has 0 radical (unpaired) electrons. The first kappa shape index (κ1) is 24.7. The molecular formula is C25H36O7. The molecule has 1 fully saturated rings. The predicted octanol–water partition coefficient (Wildman–Crippen LogP) is 4.54. The van der Waals surface area contributed by atoms with Gasteiger partial charge in [-0.05, 0) is 38.8 Å². The monoisotopic (exact) mass is 448 g/mol. The summed E-state index contributed by atoms with van der Waals surface area (Å²) < 4.78 is 29.0. The van der Waals surface area contributed by atoms with Crippen molar-refractivity contribution in [2.45, 2.75) is 71.4 Å². The van der Waals surface area contributed by atoms with Crippen LogP contribution in [0, 0.1) is 11.8 Å². The Morgan fingerprint density at radius 2 is 1.81 bits per heavy atom. The lowest BCUT2D eigenvalue weighted by molar-refractivity contribution is -0.148. The average molecular weight is 449 g/mol. The van der Waals surface area contributed by atoms with Gasteiger partial charge in [0.05, 0.1) is 23.9 Å². The van der Waals surface area contributed by atoms with Crippen molar-refractivity contribution in [2.75, 3.05) is 13.9 Å². The van der Waals surface area contributed by atoms with E-state index in [1.807, 2.05) is 39.8 Å². The Kier molecular flexibility index (Phi) is 8.01. The summed E-state index contributed by atoms with van der Waals surface area (Å²) in [5.41, 5.74) is 1.03. The maximum atomic E-state index is 11.0. The van der Waals surface area contributed by atoms with Crippen molar-refractivity contribution in [3.63, 3.8) is 0 Å². The van der Waals surface area contributed by atoms with Gasteiger partial charge in [-0.1, -0.05) is 38.2 Å². The van der Waals surface area contributed by atoms with Gasteiger partial charge >= 0.3 is 0 Å². The molecule has 0 spiro atoms. The molecule has 7 nitrogen and oxygen atoms in total. The van der Waals surface area contributed by atoms with Crippen molar-refractivity contribution in [3.8, 4) is 11.5 Å². The van der Waals surface area contributed by atoms with E-state index in [9.17, 15) is 10.2 Å². The van der Waals surface area contributed by atoms with Gasteiger partial charge in [-0.2, -0.15) is 0 Å². The van der Waals surface area contributed by atoms with Crippen LogP contribution >= 0.6 is 0 Å². The number of phenolic OH excluding ortho intramolecular Hbond substituents is 1. The van der Waals surface area contributed by atoms with E-state index in [0.29, 0.717) is 23.3 Å². The molecule has 0 amide bonds. The zero-order valence-corrected chi connectivity index (χ0v) is 19.8. The number of aliphatic hydroxyl groups excluding tert-OH is 1. The zero-order chi connectivity index (χ0) is 23.5. The molecule has 6 atom stereocenters. The van der Waals surface area contributed by atoms with Crippen molar-refractivity contribution >= 4 is 6.08 Å². The van der Waals surface area contributed by atoms with E-state index >= 15 is 0 Å². The molecule has 2 aliphatic heterocycles. The van der Waals surface area contributed by atoms with Crippen molar-refractivity contribution < 1.29 is 33.9 Å². The summed E-state index contributed by atoms with van der Waals surface area (Å²) in [6.07, 6.45) is 6.91. The first-order valence-electron chi connectivity index (χ1n) is 11.1.